The molecule has 0 aliphatic rings. The van der Waals surface area contributed by atoms with Gasteiger partial charge in [-0.1, -0.05) is 23.8 Å². The van der Waals surface area contributed by atoms with Crippen molar-refractivity contribution in [1.82, 2.24) is 0 Å². The fraction of sp³-hybridized carbons (Fsp3) is 0.353. The predicted molar refractivity (Wildman–Crippen MR) is 87.9 cm³/mol. The van der Waals surface area contributed by atoms with E-state index in [0.717, 1.165) is 22.2 Å². The first-order chi connectivity index (χ1) is 11.0. The number of benzene rings is 1. The third-order valence-electron chi connectivity index (χ3n) is 3.09. The van der Waals surface area contributed by atoms with E-state index in [0.29, 0.717) is 6.42 Å². The van der Waals surface area contributed by atoms with E-state index in [2.05, 4.69) is 9.47 Å². The second kappa shape index (κ2) is 9.84. The molecule has 124 valence electrons. The zero-order valence-corrected chi connectivity index (χ0v) is 14.2. The average molecular weight is 336 g/mol. The number of ether oxygens (including phenoxy) is 2. The third kappa shape index (κ3) is 6.69. The van der Waals surface area contributed by atoms with Crippen LogP contribution >= 0.6 is 11.8 Å². The molecule has 0 fully saturated rings. The second-order valence-corrected chi connectivity index (χ2v) is 5.89. The minimum Gasteiger partial charge on any atom is -0.468 e. The van der Waals surface area contributed by atoms with Crippen LogP contribution in [0.25, 0.3) is 0 Å². The van der Waals surface area contributed by atoms with E-state index in [1.165, 1.54) is 20.3 Å². The fourth-order valence-corrected chi connectivity index (χ4v) is 2.48. The summed E-state index contributed by atoms with van der Waals surface area (Å²) in [7, 11) is 2.44. The van der Waals surface area contributed by atoms with Crippen molar-refractivity contribution in [2.45, 2.75) is 24.7 Å². The van der Waals surface area contributed by atoms with E-state index in [-0.39, 0.29) is 11.5 Å². The van der Waals surface area contributed by atoms with Gasteiger partial charge in [-0.25, -0.2) is 0 Å². The van der Waals surface area contributed by atoms with Gasteiger partial charge in [-0.15, -0.1) is 0 Å². The van der Waals surface area contributed by atoms with Gasteiger partial charge in [-0.2, -0.15) is 0 Å². The molecule has 5 nitrogen and oxygen atoms in total. The van der Waals surface area contributed by atoms with Crippen LogP contribution in [0.4, 0.5) is 0 Å². The molecule has 0 N–H and O–H groups in total. The number of aryl methyl sites for hydroxylation is 1. The van der Waals surface area contributed by atoms with Crippen molar-refractivity contribution in [1.29, 1.82) is 0 Å². The maximum Gasteiger partial charge on any atom is 0.320 e. The van der Waals surface area contributed by atoms with Crippen LogP contribution in [0.5, 0.6) is 0 Å². The van der Waals surface area contributed by atoms with Gasteiger partial charge in [-0.05, 0) is 49.7 Å². The topological polar surface area (TPSA) is 69.7 Å². The molecule has 0 aromatic heterocycles. The number of hydrogen-bond acceptors (Lipinski definition) is 6. The Morgan fingerprint density at radius 2 is 1.65 bits per heavy atom. The molecule has 0 atom stereocenters. The SMILES string of the molecule is COC(=O)C(CC/C=C/C(=O)Sc1ccc(C)cc1)C(=O)OC. The number of hydrogen-bond donors (Lipinski definition) is 0. The number of thioether (sulfide) groups is 1. The lowest BCUT2D eigenvalue weighted by Gasteiger charge is -2.10. The largest absolute Gasteiger partial charge is 0.468 e. The molecule has 0 amide bonds. The van der Waals surface area contributed by atoms with Crippen LogP contribution in [0.2, 0.25) is 0 Å². The Morgan fingerprint density at radius 1 is 1.09 bits per heavy atom. The normalized spacial score (nSPS) is 10.8. The molecule has 0 saturated carbocycles. The highest BCUT2D eigenvalue weighted by Gasteiger charge is 2.27. The van der Waals surface area contributed by atoms with E-state index in [4.69, 9.17) is 0 Å². The summed E-state index contributed by atoms with van der Waals surface area (Å²) in [5, 5.41) is -0.110. The fourth-order valence-electron chi connectivity index (χ4n) is 1.82. The van der Waals surface area contributed by atoms with Crippen LogP contribution in [0.1, 0.15) is 18.4 Å². The van der Waals surface area contributed by atoms with Gasteiger partial charge in [0.2, 0.25) is 5.12 Å². The molecular formula is C17H20O5S. The summed E-state index contributed by atoms with van der Waals surface area (Å²) in [6.45, 7) is 1.98. The van der Waals surface area contributed by atoms with Crippen LogP contribution < -0.4 is 0 Å². The summed E-state index contributed by atoms with van der Waals surface area (Å²) < 4.78 is 9.13. The molecule has 0 saturated heterocycles. The van der Waals surface area contributed by atoms with E-state index in [1.807, 2.05) is 31.2 Å². The molecule has 0 aliphatic carbocycles. The van der Waals surface area contributed by atoms with Gasteiger partial charge in [0, 0.05) is 4.90 Å². The van der Waals surface area contributed by atoms with Gasteiger partial charge in [-0.3, -0.25) is 14.4 Å². The number of esters is 2. The third-order valence-corrected chi connectivity index (χ3v) is 3.93. The van der Waals surface area contributed by atoms with Crippen molar-refractivity contribution in [2.75, 3.05) is 14.2 Å². The molecule has 1 aromatic rings. The standard InChI is InChI=1S/C17H20O5S/c1-12-8-10-13(11-9-12)23-15(18)7-5-4-6-14(16(19)21-2)17(20)22-3/h5,7-11,14H,4,6H2,1-3H3/b7-5+. The Kier molecular flexibility index (Phi) is 8.11. The van der Waals surface area contributed by atoms with Crippen LogP contribution in [0.3, 0.4) is 0 Å². The lowest BCUT2D eigenvalue weighted by molar-refractivity contribution is -0.159. The van der Waals surface area contributed by atoms with Gasteiger partial charge >= 0.3 is 11.9 Å². The summed E-state index contributed by atoms with van der Waals surface area (Å²) in [6, 6.07) is 7.65. The molecule has 23 heavy (non-hydrogen) atoms. The van der Waals surface area contributed by atoms with Crippen LogP contribution in [0, 0.1) is 12.8 Å². The molecular weight excluding hydrogens is 316 g/mol. The molecule has 0 bridgehead atoms. The molecule has 1 aromatic carbocycles. The Balaban J connectivity index is 2.47. The summed E-state index contributed by atoms with van der Waals surface area (Å²) in [6.07, 6.45) is 3.71. The maximum atomic E-state index is 11.8. The van der Waals surface area contributed by atoms with E-state index in [9.17, 15) is 14.4 Å². The van der Waals surface area contributed by atoms with E-state index in [1.54, 1.807) is 6.08 Å². The first-order valence-corrected chi connectivity index (χ1v) is 7.90. The van der Waals surface area contributed by atoms with Crippen LogP contribution in [0.15, 0.2) is 41.3 Å². The molecule has 0 radical (unpaired) electrons. The first kappa shape index (κ1) is 19.0. The highest BCUT2D eigenvalue weighted by Crippen LogP contribution is 2.20. The van der Waals surface area contributed by atoms with Crippen molar-refractivity contribution >= 4 is 28.8 Å². The Labute approximate surface area is 140 Å². The zero-order chi connectivity index (χ0) is 17.2. The van der Waals surface area contributed by atoms with Gasteiger partial charge in [0.25, 0.3) is 0 Å². The highest BCUT2D eigenvalue weighted by molar-refractivity contribution is 8.14. The predicted octanol–water partition coefficient (Wildman–Crippen LogP) is 2.91. The molecule has 6 heteroatoms. The summed E-state index contributed by atoms with van der Waals surface area (Å²) >= 11 is 1.12. The van der Waals surface area contributed by atoms with Crippen LogP contribution in [-0.4, -0.2) is 31.3 Å². The lowest BCUT2D eigenvalue weighted by atomic mass is 10.0. The van der Waals surface area contributed by atoms with Gasteiger partial charge in [0.15, 0.2) is 5.92 Å². The zero-order valence-electron chi connectivity index (χ0n) is 13.4. The van der Waals surface area contributed by atoms with Crippen molar-refractivity contribution in [2.24, 2.45) is 5.92 Å². The second-order valence-electron chi connectivity index (χ2n) is 4.81. The Morgan fingerprint density at radius 3 is 2.17 bits per heavy atom. The summed E-state index contributed by atoms with van der Waals surface area (Å²) in [4.78, 5) is 35.7. The number of methoxy groups -OCH3 is 2. The van der Waals surface area contributed by atoms with Crippen molar-refractivity contribution in [3.05, 3.63) is 42.0 Å². The van der Waals surface area contributed by atoms with E-state index < -0.39 is 17.9 Å². The molecule has 0 spiro atoms. The van der Waals surface area contributed by atoms with Gasteiger partial charge in [0.1, 0.15) is 0 Å². The van der Waals surface area contributed by atoms with Gasteiger partial charge in [0.05, 0.1) is 14.2 Å². The van der Waals surface area contributed by atoms with Crippen molar-refractivity contribution < 1.29 is 23.9 Å². The highest BCUT2D eigenvalue weighted by atomic mass is 32.2. The molecule has 0 unspecified atom stereocenters. The molecule has 0 heterocycles. The molecule has 1 rings (SSSR count). The summed E-state index contributed by atoms with van der Waals surface area (Å²) in [5.41, 5.74) is 1.13. The first-order valence-electron chi connectivity index (χ1n) is 7.08. The number of carbonyl (C=O) groups excluding carboxylic acids is 3. The summed E-state index contributed by atoms with van der Waals surface area (Å²) in [5.74, 6) is -2.23. The number of allylic oxidation sites excluding steroid dienone is 1. The Bertz CT molecular complexity index is 561. The average Bonchev–Trinajstić information content (AvgIpc) is 2.55. The monoisotopic (exact) mass is 336 g/mol. The van der Waals surface area contributed by atoms with Gasteiger partial charge < -0.3 is 9.47 Å². The van der Waals surface area contributed by atoms with E-state index >= 15 is 0 Å². The van der Waals surface area contributed by atoms with Crippen molar-refractivity contribution in [3.63, 3.8) is 0 Å². The quantitative estimate of drug-likeness (QED) is 0.330. The lowest BCUT2D eigenvalue weighted by Crippen LogP contribution is -2.26. The number of rotatable bonds is 7. The Hall–Kier alpha value is -2.08. The minimum absolute atomic E-state index is 0.110. The maximum absolute atomic E-state index is 11.8. The van der Waals surface area contributed by atoms with Crippen molar-refractivity contribution in [3.8, 4) is 0 Å². The number of carbonyl (C=O) groups is 3. The molecule has 0 aliphatic heterocycles. The smallest absolute Gasteiger partial charge is 0.320 e. The minimum atomic E-state index is -0.963. The van der Waals surface area contributed by atoms with Crippen LogP contribution in [-0.2, 0) is 23.9 Å².